The summed E-state index contributed by atoms with van der Waals surface area (Å²) in [5.41, 5.74) is 2.73. The maximum Gasteiger partial charge on any atom is 0.410 e. The fraction of sp³-hybridized carbons (Fsp3) is 0.667. The zero-order valence-electron chi connectivity index (χ0n) is 19.5. The van der Waals surface area contributed by atoms with Gasteiger partial charge in [0, 0.05) is 30.9 Å². The summed E-state index contributed by atoms with van der Waals surface area (Å²) in [6.07, 6.45) is 3.93. The number of hydrogen-bond acceptors (Lipinski definition) is 5. The number of nitrogens with zero attached hydrogens (tertiary/aromatic N) is 2. The highest BCUT2D eigenvalue weighted by Gasteiger charge is 2.44. The van der Waals surface area contributed by atoms with E-state index in [4.69, 9.17) is 4.74 Å². The molecule has 2 fully saturated rings. The standard InChI is InChI=1S/C24H37N3O4/c1-17-7-8-19(20(15-17)25-18(2)21(28)29)16-27-12-6-9-24(27)10-13-26(14-11-24)22(30)31-23(3,4)5/h7-8,15,18,25H,6,9-14,16H2,1-5H3,(H,28,29)/t18-/m0/s1. The molecule has 31 heavy (non-hydrogen) atoms. The van der Waals surface area contributed by atoms with Gasteiger partial charge in [-0.05, 0) is 84.0 Å². The third-order valence-electron chi connectivity index (χ3n) is 6.46. The summed E-state index contributed by atoms with van der Waals surface area (Å²) < 4.78 is 5.55. The number of benzene rings is 1. The third-order valence-corrected chi connectivity index (χ3v) is 6.46. The van der Waals surface area contributed by atoms with E-state index < -0.39 is 17.6 Å². The summed E-state index contributed by atoms with van der Waals surface area (Å²) in [5, 5.41) is 12.5. The maximum absolute atomic E-state index is 12.5. The molecule has 1 spiro atoms. The van der Waals surface area contributed by atoms with Gasteiger partial charge in [-0.1, -0.05) is 12.1 Å². The molecule has 0 unspecified atom stereocenters. The van der Waals surface area contributed by atoms with Gasteiger partial charge in [0.15, 0.2) is 0 Å². The first kappa shape index (κ1) is 23.4. The molecule has 2 aliphatic rings. The number of aryl methyl sites for hydroxylation is 1. The first-order valence-electron chi connectivity index (χ1n) is 11.3. The Morgan fingerprint density at radius 2 is 1.87 bits per heavy atom. The second-order valence-corrected chi connectivity index (χ2v) is 10.1. The van der Waals surface area contributed by atoms with E-state index >= 15 is 0 Å². The Balaban J connectivity index is 1.70. The Kier molecular flexibility index (Phi) is 6.84. The zero-order valence-corrected chi connectivity index (χ0v) is 19.5. The summed E-state index contributed by atoms with van der Waals surface area (Å²) in [4.78, 5) is 28.2. The molecule has 1 aromatic carbocycles. The highest BCUT2D eigenvalue weighted by atomic mass is 16.6. The van der Waals surface area contributed by atoms with E-state index in [2.05, 4.69) is 22.3 Å². The van der Waals surface area contributed by atoms with E-state index in [1.54, 1.807) is 6.92 Å². The summed E-state index contributed by atoms with van der Waals surface area (Å²) >= 11 is 0. The van der Waals surface area contributed by atoms with Crippen molar-refractivity contribution in [2.45, 2.75) is 84.0 Å². The van der Waals surface area contributed by atoms with E-state index in [1.165, 1.54) is 0 Å². The van der Waals surface area contributed by atoms with Gasteiger partial charge in [0.2, 0.25) is 0 Å². The van der Waals surface area contributed by atoms with Crippen LogP contribution in [0.3, 0.4) is 0 Å². The van der Waals surface area contributed by atoms with Crippen LogP contribution in [0.2, 0.25) is 0 Å². The topological polar surface area (TPSA) is 82.1 Å². The molecule has 0 saturated carbocycles. The average molecular weight is 432 g/mol. The van der Waals surface area contributed by atoms with Crippen LogP contribution in [0.5, 0.6) is 0 Å². The van der Waals surface area contributed by atoms with Crippen LogP contribution >= 0.6 is 0 Å². The molecule has 7 nitrogen and oxygen atoms in total. The number of nitrogens with one attached hydrogen (secondary N) is 1. The molecule has 2 heterocycles. The molecule has 1 atom stereocenters. The quantitative estimate of drug-likeness (QED) is 0.725. The predicted octanol–water partition coefficient (Wildman–Crippen LogP) is 4.25. The van der Waals surface area contributed by atoms with Crippen LogP contribution < -0.4 is 5.32 Å². The second kappa shape index (κ2) is 9.07. The van der Waals surface area contributed by atoms with Crippen LogP contribution in [0.1, 0.15) is 64.5 Å². The van der Waals surface area contributed by atoms with Gasteiger partial charge in [0.1, 0.15) is 11.6 Å². The van der Waals surface area contributed by atoms with Gasteiger partial charge < -0.3 is 20.1 Å². The third kappa shape index (κ3) is 5.70. The van der Waals surface area contributed by atoms with Crippen molar-refractivity contribution in [3.8, 4) is 0 Å². The van der Waals surface area contributed by atoms with Crippen molar-refractivity contribution in [3.05, 3.63) is 29.3 Å². The minimum atomic E-state index is -0.861. The Morgan fingerprint density at radius 1 is 1.19 bits per heavy atom. The second-order valence-electron chi connectivity index (χ2n) is 10.1. The van der Waals surface area contributed by atoms with Gasteiger partial charge in [0.05, 0.1) is 0 Å². The molecule has 7 heteroatoms. The number of aliphatic carboxylic acids is 1. The molecule has 0 bridgehead atoms. The Morgan fingerprint density at radius 3 is 2.48 bits per heavy atom. The average Bonchev–Trinajstić information content (AvgIpc) is 3.04. The summed E-state index contributed by atoms with van der Waals surface area (Å²) in [7, 11) is 0. The lowest BCUT2D eigenvalue weighted by Crippen LogP contribution is -2.53. The smallest absolute Gasteiger partial charge is 0.410 e. The van der Waals surface area contributed by atoms with E-state index in [9.17, 15) is 14.7 Å². The van der Waals surface area contributed by atoms with Gasteiger partial charge >= 0.3 is 12.1 Å². The van der Waals surface area contributed by atoms with E-state index in [0.29, 0.717) is 13.1 Å². The molecule has 0 aromatic heterocycles. The molecule has 1 amide bonds. The first-order chi connectivity index (χ1) is 14.5. The number of anilines is 1. The number of likely N-dealkylation sites (tertiary alicyclic amines) is 2. The lowest BCUT2D eigenvalue weighted by atomic mass is 9.84. The number of piperidine rings is 1. The van der Waals surface area contributed by atoms with Crippen molar-refractivity contribution >= 4 is 17.7 Å². The van der Waals surface area contributed by atoms with Crippen molar-refractivity contribution in [2.75, 3.05) is 25.0 Å². The minimum Gasteiger partial charge on any atom is -0.480 e. The van der Waals surface area contributed by atoms with Crippen LogP contribution in [0.25, 0.3) is 0 Å². The Bertz CT molecular complexity index is 810. The molecule has 2 aliphatic heterocycles. The number of hydrogen-bond donors (Lipinski definition) is 2. The van der Waals surface area contributed by atoms with E-state index in [-0.39, 0.29) is 11.6 Å². The Labute approximate surface area is 185 Å². The molecule has 0 radical (unpaired) electrons. The van der Waals surface area contributed by atoms with Crippen LogP contribution in [0, 0.1) is 6.92 Å². The van der Waals surface area contributed by atoms with Crippen LogP contribution in [0.15, 0.2) is 18.2 Å². The van der Waals surface area contributed by atoms with Gasteiger partial charge in [-0.3, -0.25) is 9.69 Å². The summed E-state index contributed by atoms with van der Waals surface area (Å²) in [6.45, 7) is 12.6. The molecule has 1 aromatic rings. The maximum atomic E-state index is 12.5. The number of carboxylic acids is 1. The number of carbonyl (C=O) groups excluding carboxylic acids is 1. The van der Waals surface area contributed by atoms with Gasteiger partial charge in [-0.2, -0.15) is 0 Å². The lowest BCUT2D eigenvalue weighted by Gasteiger charge is -2.45. The van der Waals surface area contributed by atoms with E-state index in [0.717, 1.165) is 55.6 Å². The van der Waals surface area contributed by atoms with Crippen molar-refractivity contribution in [3.63, 3.8) is 0 Å². The largest absolute Gasteiger partial charge is 0.480 e. The molecule has 0 aliphatic carbocycles. The van der Waals surface area contributed by atoms with E-state index in [1.807, 2.05) is 38.7 Å². The molecule has 2 saturated heterocycles. The fourth-order valence-electron chi connectivity index (χ4n) is 4.70. The summed E-state index contributed by atoms with van der Waals surface area (Å²) in [5.74, 6) is -0.861. The monoisotopic (exact) mass is 431 g/mol. The number of amides is 1. The van der Waals surface area contributed by atoms with Crippen molar-refractivity contribution in [2.24, 2.45) is 0 Å². The number of ether oxygens (including phenoxy) is 1. The number of carboxylic acid groups (broad SMARTS) is 1. The highest BCUT2D eigenvalue weighted by molar-refractivity contribution is 5.77. The molecule has 172 valence electrons. The first-order valence-corrected chi connectivity index (χ1v) is 11.3. The van der Waals surface area contributed by atoms with Crippen molar-refractivity contribution in [1.29, 1.82) is 0 Å². The van der Waals surface area contributed by atoms with Crippen molar-refractivity contribution < 1.29 is 19.4 Å². The molecule has 3 rings (SSSR count). The van der Waals surface area contributed by atoms with Gasteiger partial charge in [-0.15, -0.1) is 0 Å². The lowest BCUT2D eigenvalue weighted by molar-refractivity contribution is -0.137. The van der Waals surface area contributed by atoms with Crippen LogP contribution in [-0.4, -0.2) is 63.8 Å². The van der Waals surface area contributed by atoms with Gasteiger partial charge in [0.25, 0.3) is 0 Å². The number of rotatable bonds is 5. The van der Waals surface area contributed by atoms with Gasteiger partial charge in [-0.25, -0.2) is 4.79 Å². The molecular weight excluding hydrogens is 394 g/mol. The highest BCUT2D eigenvalue weighted by Crippen LogP contribution is 2.40. The minimum absolute atomic E-state index is 0.0963. The number of carbonyl (C=O) groups is 2. The summed E-state index contributed by atoms with van der Waals surface area (Å²) in [6, 6.07) is 5.57. The Hall–Kier alpha value is -2.28. The molecular formula is C24H37N3O4. The normalized spacial score (nSPS) is 20.0. The van der Waals surface area contributed by atoms with Crippen molar-refractivity contribution in [1.82, 2.24) is 9.80 Å². The molecule has 2 N–H and O–H groups in total. The fourth-order valence-corrected chi connectivity index (χ4v) is 4.70. The van der Waals surface area contributed by atoms with Crippen LogP contribution in [0.4, 0.5) is 10.5 Å². The van der Waals surface area contributed by atoms with Crippen LogP contribution in [-0.2, 0) is 16.1 Å². The zero-order chi connectivity index (χ0) is 22.8. The predicted molar refractivity (Wildman–Crippen MR) is 121 cm³/mol. The SMILES string of the molecule is Cc1ccc(CN2CCCC23CCN(C(=O)OC(C)(C)C)CC3)c(N[C@@H](C)C(=O)O)c1.